The molecule has 0 bridgehead atoms. The summed E-state index contributed by atoms with van der Waals surface area (Å²) in [4.78, 5) is 3.88. The van der Waals surface area contributed by atoms with Crippen molar-refractivity contribution >= 4 is 11.6 Å². The van der Waals surface area contributed by atoms with Crippen LogP contribution in [0.3, 0.4) is 0 Å². The van der Waals surface area contributed by atoms with Gasteiger partial charge >= 0.3 is 0 Å². The van der Waals surface area contributed by atoms with Crippen LogP contribution in [0, 0.1) is 0 Å². The summed E-state index contributed by atoms with van der Waals surface area (Å²) in [6.45, 7) is 1.13. The number of nitrogens with zero attached hydrogens (tertiary/aromatic N) is 3. The fraction of sp³-hybridized carbons (Fsp3) is 0.125. The van der Waals surface area contributed by atoms with Gasteiger partial charge in [0.1, 0.15) is 25.0 Å². The molecule has 0 aliphatic heterocycles. The third-order valence-electron chi connectivity index (χ3n) is 3.08. The van der Waals surface area contributed by atoms with Crippen molar-refractivity contribution < 1.29 is 4.74 Å². The number of ether oxygens (including phenoxy) is 1. The fourth-order valence-corrected chi connectivity index (χ4v) is 2.26. The standard InChI is InChI=1S/C16H14ClN3O/c17-15-10-14(13-4-2-1-3-5-13)6-7-16(15)21-9-8-20-12-18-11-19-20/h1-7,10-12H,8-9H2. The summed E-state index contributed by atoms with van der Waals surface area (Å²) in [6, 6.07) is 15.9. The maximum absolute atomic E-state index is 6.28. The summed E-state index contributed by atoms with van der Waals surface area (Å²) in [6.07, 6.45) is 3.16. The van der Waals surface area contributed by atoms with Gasteiger partial charge in [-0.2, -0.15) is 5.10 Å². The number of rotatable bonds is 5. The highest BCUT2D eigenvalue weighted by Crippen LogP contribution is 2.30. The van der Waals surface area contributed by atoms with Crippen LogP contribution in [-0.4, -0.2) is 21.4 Å². The first-order valence-corrected chi connectivity index (χ1v) is 7.01. The molecule has 0 amide bonds. The van der Waals surface area contributed by atoms with Gasteiger partial charge in [-0.3, -0.25) is 0 Å². The topological polar surface area (TPSA) is 39.9 Å². The fourth-order valence-electron chi connectivity index (χ4n) is 2.03. The summed E-state index contributed by atoms with van der Waals surface area (Å²) < 4.78 is 7.39. The van der Waals surface area contributed by atoms with Crippen LogP contribution in [0.4, 0.5) is 0 Å². The van der Waals surface area contributed by atoms with Crippen LogP contribution in [0.2, 0.25) is 5.02 Å². The highest BCUT2D eigenvalue weighted by molar-refractivity contribution is 6.32. The van der Waals surface area contributed by atoms with Crippen molar-refractivity contribution in [2.45, 2.75) is 6.54 Å². The molecule has 1 aromatic heterocycles. The van der Waals surface area contributed by atoms with E-state index < -0.39 is 0 Å². The Balaban J connectivity index is 1.67. The molecule has 0 saturated carbocycles. The third-order valence-corrected chi connectivity index (χ3v) is 3.38. The zero-order chi connectivity index (χ0) is 14.5. The molecule has 1 heterocycles. The van der Waals surface area contributed by atoms with E-state index in [2.05, 4.69) is 22.2 Å². The predicted octanol–water partition coefficient (Wildman–Crippen LogP) is 3.68. The number of halogens is 1. The predicted molar refractivity (Wildman–Crippen MR) is 82.4 cm³/mol. The molecule has 0 atom stereocenters. The Morgan fingerprint density at radius 1 is 1.05 bits per heavy atom. The summed E-state index contributed by atoms with van der Waals surface area (Å²) in [5.74, 6) is 0.677. The smallest absolute Gasteiger partial charge is 0.138 e. The average Bonchev–Trinajstić information content (AvgIpc) is 3.03. The van der Waals surface area contributed by atoms with Gasteiger partial charge < -0.3 is 4.74 Å². The maximum atomic E-state index is 6.28. The van der Waals surface area contributed by atoms with Crippen molar-refractivity contribution in [3.8, 4) is 16.9 Å². The van der Waals surface area contributed by atoms with Crippen LogP contribution in [-0.2, 0) is 6.54 Å². The molecule has 0 N–H and O–H groups in total. The molecule has 5 heteroatoms. The lowest BCUT2D eigenvalue weighted by atomic mass is 10.1. The minimum atomic E-state index is 0.494. The second-order valence-electron chi connectivity index (χ2n) is 4.52. The quantitative estimate of drug-likeness (QED) is 0.721. The molecule has 0 saturated heterocycles. The Morgan fingerprint density at radius 2 is 1.90 bits per heavy atom. The van der Waals surface area contributed by atoms with E-state index in [4.69, 9.17) is 16.3 Å². The van der Waals surface area contributed by atoms with Crippen LogP contribution in [0.5, 0.6) is 5.75 Å². The Labute approximate surface area is 128 Å². The molecule has 0 unspecified atom stereocenters. The van der Waals surface area contributed by atoms with Crippen molar-refractivity contribution in [3.63, 3.8) is 0 Å². The lowest BCUT2D eigenvalue weighted by Gasteiger charge is -2.09. The molecule has 0 aliphatic rings. The Kier molecular flexibility index (Phi) is 4.17. The van der Waals surface area contributed by atoms with Crippen LogP contribution in [0.25, 0.3) is 11.1 Å². The first-order valence-electron chi connectivity index (χ1n) is 6.63. The zero-order valence-corrected chi connectivity index (χ0v) is 12.1. The number of aromatic nitrogens is 3. The summed E-state index contributed by atoms with van der Waals surface area (Å²) in [5.41, 5.74) is 2.21. The molecule has 0 aliphatic carbocycles. The zero-order valence-electron chi connectivity index (χ0n) is 11.3. The second-order valence-corrected chi connectivity index (χ2v) is 4.93. The van der Waals surface area contributed by atoms with Crippen LogP contribution in [0.15, 0.2) is 61.2 Å². The summed E-state index contributed by atoms with van der Waals surface area (Å²) in [5, 5.41) is 4.62. The van der Waals surface area contributed by atoms with E-state index in [1.807, 2.05) is 36.4 Å². The van der Waals surface area contributed by atoms with Gasteiger partial charge in [-0.25, -0.2) is 9.67 Å². The molecule has 3 rings (SSSR count). The van der Waals surface area contributed by atoms with Crippen LogP contribution < -0.4 is 4.74 Å². The molecule has 21 heavy (non-hydrogen) atoms. The van der Waals surface area contributed by atoms with Crippen molar-refractivity contribution in [1.82, 2.24) is 14.8 Å². The highest BCUT2D eigenvalue weighted by Gasteiger charge is 2.05. The van der Waals surface area contributed by atoms with Gasteiger partial charge in [-0.1, -0.05) is 48.0 Å². The molecule has 106 valence electrons. The van der Waals surface area contributed by atoms with Crippen LogP contribution >= 0.6 is 11.6 Å². The molecule has 3 aromatic rings. The Morgan fingerprint density at radius 3 is 2.62 bits per heavy atom. The molecular formula is C16H14ClN3O. The van der Waals surface area contributed by atoms with E-state index in [9.17, 15) is 0 Å². The van der Waals surface area contributed by atoms with Crippen molar-refractivity contribution in [3.05, 3.63) is 66.2 Å². The maximum Gasteiger partial charge on any atom is 0.138 e. The average molecular weight is 300 g/mol. The van der Waals surface area contributed by atoms with Crippen molar-refractivity contribution in [1.29, 1.82) is 0 Å². The molecule has 2 aromatic carbocycles. The van der Waals surface area contributed by atoms with Gasteiger partial charge in [0.15, 0.2) is 0 Å². The SMILES string of the molecule is Clc1cc(-c2ccccc2)ccc1OCCn1cncn1. The molecule has 4 nitrogen and oxygen atoms in total. The van der Waals surface area contributed by atoms with Gasteiger partial charge in [0.25, 0.3) is 0 Å². The number of hydrogen-bond donors (Lipinski definition) is 0. The van der Waals surface area contributed by atoms with Crippen molar-refractivity contribution in [2.24, 2.45) is 0 Å². The largest absolute Gasteiger partial charge is 0.490 e. The normalized spacial score (nSPS) is 10.5. The van der Waals surface area contributed by atoms with Gasteiger partial charge in [0.2, 0.25) is 0 Å². The van der Waals surface area contributed by atoms with Gasteiger partial charge in [-0.05, 0) is 23.3 Å². The first-order chi connectivity index (χ1) is 10.3. The van der Waals surface area contributed by atoms with Gasteiger partial charge in [0, 0.05) is 0 Å². The van der Waals surface area contributed by atoms with Crippen molar-refractivity contribution in [2.75, 3.05) is 6.61 Å². The van der Waals surface area contributed by atoms with E-state index in [1.54, 1.807) is 11.0 Å². The van der Waals surface area contributed by atoms with E-state index in [0.29, 0.717) is 23.9 Å². The monoisotopic (exact) mass is 299 g/mol. The minimum Gasteiger partial charge on any atom is -0.490 e. The van der Waals surface area contributed by atoms with Gasteiger partial charge in [-0.15, -0.1) is 0 Å². The van der Waals surface area contributed by atoms with E-state index >= 15 is 0 Å². The Bertz CT molecular complexity index is 699. The molecule has 0 fully saturated rings. The summed E-state index contributed by atoms with van der Waals surface area (Å²) in [7, 11) is 0. The third kappa shape index (κ3) is 3.41. The van der Waals surface area contributed by atoms with E-state index in [-0.39, 0.29) is 0 Å². The number of hydrogen-bond acceptors (Lipinski definition) is 3. The lowest BCUT2D eigenvalue weighted by Crippen LogP contribution is -2.08. The van der Waals surface area contributed by atoms with Crippen LogP contribution in [0.1, 0.15) is 0 Å². The minimum absolute atomic E-state index is 0.494. The number of benzene rings is 2. The first kappa shape index (κ1) is 13.6. The molecule has 0 radical (unpaired) electrons. The second kappa shape index (κ2) is 6.41. The summed E-state index contributed by atoms with van der Waals surface area (Å²) >= 11 is 6.28. The lowest BCUT2D eigenvalue weighted by molar-refractivity contribution is 0.291. The highest BCUT2D eigenvalue weighted by atomic mass is 35.5. The molecule has 0 spiro atoms. The van der Waals surface area contributed by atoms with E-state index in [1.165, 1.54) is 6.33 Å². The Hall–Kier alpha value is -2.33. The van der Waals surface area contributed by atoms with Gasteiger partial charge in [0.05, 0.1) is 11.6 Å². The van der Waals surface area contributed by atoms with E-state index in [0.717, 1.165) is 11.1 Å². The molecular weight excluding hydrogens is 286 g/mol.